The summed E-state index contributed by atoms with van der Waals surface area (Å²) in [6.45, 7) is 12.8. The summed E-state index contributed by atoms with van der Waals surface area (Å²) in [6, 6.07) is 3.43. The Morgan fingerprint density at radius 1 is 0.743 bits per heavy atom. The smallest absolute Gasteiger partial charge is 0.306 e. The largest absolute Gasteiger partial charge is 0.508 e. The molecule has 0 unspecified atom stereocenters. The van der Waals surface area contributed by atoms with Gasteiger partial charge in [-0.2, -0.15) is 0 Å². The van der Waals surface area contributed by atoms with Crippen LogP contribution >= 0.6 is 0 Å². The first-order valence-corrected chi connectivity index (χ1v) is 13.2. The van der Waals surface area contributed by atoms with E-state index in [1.807, 2.05) is 27.7 Å². The first-order chi connectivity index (χ1) is 16.5. The molecule has 0 aliphatic heterocycles. The van der Waals surface area contributed by atoms with Crippen LogP contribution in [0.25, 0.3) is 0 Å². The molecule has 0 fully saturated rings. The first-order valence-electron chi connectivity index (χ1n) is 13.2. The van der Waals surface area contributed by atoms with Crippen molar-refractivity contribution >= 4 is 11.9 Å². The zero-order valence-electron chi connectivity index (χ0n) is 23.1. The third-order valence-corrected chi connectivity index (χ3v) is 6.47. The molecule has 0 aliphatic carbocycles. The Bertz CT molecular complexity index is 797. The highest BCUT2D eigenvalue weighted by Crippen LogP contribution is 2.43. The fourth-order valence-corrected chi connectivity index (χ4v) is 4.25. The molecule has 0 aromatic heterocycles. The molecule has 0 spiro atoms. The van der Waals surface area contributed by atoms with Crippen LogP contribution in [0.3, 0.4) is 0 Å². The highest BCUT2D eigenvalue weighted by atomic mass is 16.5. The van der Waals surface area contributed by atoms with E-state index in [9.17, 15) is 14.7 Å². The van der Waals surface area contributed by atoms with E-state index in [-0.39, 0.29) is 30.5 Å². The van der Waals surface area contributed by atoms with Gasteiger partial charge in [0.1, 0.15) is 11.5 Å². The molecule has 1 rings (SSSR count). The highest BCUT2D eigenvalue weighted by Gasteiger charge is 2.33. The van der Waals surface area contributed by atoms with Gasteiger partial charge in [-0.05, 0) is 25.0 Å². The van der Waals surface area contributed by atoms with Crippen LogP contribution in [0.4, 0.5) is 0 Å². The zero-order valence-corrected chi connectivity index (χ0v) is 23.1. The van der Waals surface area contributed by atoms with Crippen LogP contribution in [0.2, 0.25) is 0 Å². The van der Waals surface area contributed by atoms with Crippen LogP contribution in [0.5, 0.6) is 11.5 Å². The number of phenols is 1. The van der Waals surface area contributed by atoms with Crippen LogP contribution in [-0.2, 0) is 29.9 Å². The number of unbranched alkanes of at least 4 members (excludes halogenated alkanes) is 6. The monoisotopic (exact) mass is 492 g/mol. The standard InChI is InChI=1S/C29H48O6/c1-8-10-12-14-16-34-26(31)20-28(3,4)22-19-25(33-7)23(18-24(22)30)29(5,6)21-27(32)35-17-15-13-11-9-2/h18-19,30H,8-17,20-21H2,1-7H3. The van der Waals surface area contributed by atoms with E-state index in [0.717, 1.165) is 56.9 Å². The van der Waals surface area contributed by atoms with Crippen molar-refractivity contribution in [2.24, 2.45) is 0 Å². The summed E-state index contributed by atoms with van der Waals surface area (Å²) < 4.78 is 16.5. The predicted molar refractivity (Wildman–Crippen MR) is 140 cm³/mol. The molecule has 0 atom stereocenters. The lowest BCUT2D eigenvalue weighted by atomic mass is 9.76. The summed E-state index contributed by atoms with van der Waals surface area (Å²) in [5.74, 6) is 0.0946. The maximum Gasteiger partial charge on any atom is 0.306 e. The molecule has 0 radical (unpaired) electrons. The number of benzene rings is 1. The second-order valence-electron chi connectivity index (χ2n) is 10.8. The second kappa shape index (κ2) is 15.0. The number of hydrogen-bond acceptors (Lipinski definition) is 6. The molecule has 1 aromatic carbocycles. The van der Waals surface area contributed by atoms with Crippen molar-refractivity contribution in [2.75, 3.05) is 20.3 Å². The van der Waals surface area contributed by atoms with E-state index in [4.69, 9.17) is 14.2 Å². The summed E-state index contributed by atoms with van der Waals surface area (Å²) in [6.07, 6.45) is 8.70. The van der Waals surface area contributed by atoms with Gasteiger partial charge >= 0.3 is 11.9 Å². The van der Waals surface area contributed by atoms with E-state index in [1.54, 1.807) is 19.2 Å². The molecule has 0 heterocycles. The van der Waals surface area contributed by atoms with Crippen molar-refractivity contribution in [3.63, 3.8) is 0 Å². The quantitative estimate of drug-likeness (QED) is 0.186. The van der Waals surface area contributed by atoms with Gasteiger partial charge in [-0.15, -0.1) is 0 Å². The molecule has 0 amide bonds. The SMILES string of the molecule is CCCCCCOC(=O)CC(C)(C)c1cc(OC)c(C(C)(C)CC(=O)OCCCCCC)cc1O. The molecular weight excluding hydrogens is 444 g/mol. The van der Waals surface area contributed by atoms with E-state index in [1.165, 1.54) is 0 Å². The van der Waals surface area contributed by atoms with Crippen molar-refractivity contribution in [1.82, 2.24) is 0 Å². The summed E-state index contributed by atoms with van der Waals surface area (Å²) in [5, 5.41) is 10.9. The first kappa shape index (κ1) is 30.8. The molecule has 6 nitrogen and oxygen atoms in total. The number of phenolic OH excluding ortho intramolecular Hbond substituents is 1. The normalized spacial score (nSPS) is 11.9. The Kier molecular flexibility index (Phi) is 13.2. The van der Waals surface area contributed by atoms with Crippen molar-refractivity contribution in [3.05, 3.63) is 23.3 Å². The minimum atomic E-state index is -0.655. The lowest BCUT2D eigenvalue weighted by molar-refractivity contribution is -0.146. The third-order valence-electron chi connectivity index (χ3n) is 6.47. The van der Waals surface area contributed by atoms with Gasteiger partial charge in [0, 0.05) is 22.0 Å². The maximum absolute atomic E-state index is 12.5. The second-order valence-corrected chi connectivity index (χ2v) is 10.8. The number of methoxy groups -OCH3 is 1. The van der Waals surface area contributed by atoms with E-state index < -0.39 is 10.8 Å². The average molecular weight is 493 g/mol. The topological polar surface area (TPSA) is 82.1 Å². The van der Waals surface area contributed by atoms with Gasteiger partial charge < -0.3 is 19.3 Å². The Hall–Kier alpha value is -2.24. The van der Waals surface area contributed by atoms with Gasteiger partial charge in [-0.1, -0.05) is 80.1 Å². The molecule has 0 bridgehead atoms. The Morgan fingerprint density at radius 2 is 1.20 bits per heavy atom. The Morgan fingerprint density at radius 3 is 1.63 bits per heavy atom. The van der Waals surface area contributed by atoms with Gasteiger partial charge in [0.05, 0.1) is 33.2 Å². The summed E-state index contributed by atoms with van der Waals surface area (Å²) in [7, 11) is 1.57. The van der Waals surface area contributed by atoms with Crippen molar-refractivity contribution < 1.29 is 28.9 Å². The van der Waals surface area contributed by atoms with Gasteiger partial charge in [0.15, 0.2) is 0 Å². The van der Waals surface area contributed by atoms with Crippen LogP contribution in [0.1, 0.15) is 117 Å². The van der Waals surface area contributed by atoms with Crippen LogP contribution in [0.15, 0.2) is 12.1 Å². The van der Waals surface area contributed by atoms with Crippen LogP contribution in [0, 0.1) is 0 Å². The third kappa shape index (κ3) is 10.5. The highest BCUT2D eigenvalue weighted by molar-refractivity contribution is 5.73. The predicted octanol–water partition coefficient (Wildman–Crippen LogP) is 6.98. The number of aromatic hydroxyl groups is 1. The summed E-state index contributed by atoms with van der Waals surface area (Å²) in [5.41, 5.74) is 0.0651. The molecular formula is C29H48O6. The van der Waals surface area contributed by atoms with Crippen molar-refractivity contribution in [3.8, 4) is 11.5 Å². The van der Waals surface area contributed by atoms with Gasteiger partial charge in [-0.3, -0.25) is 9.59 Å². The molecule has 0 saturated carbocycles. The van der Waals surface area contributed by atoms with E-state index in [0.29, 0.717) is 24.5 Å². The molecule has 200 valence electrons. The number of rotatable bonds is 17. The van der Waals surface area contributed by atoms with E-state index in [2.05, 4.69) is 13.8 Å². The molecule has 0 saturated heterocycles. The summed E-state index contributed by atoms with van der Waals surface area (Å²) >= 11 is 0. The van der Waals surface area contributed by atoms with Gasteiger partial charge in [0.2, 0.25) is 0 Å². The minimum Gasteiger partial charge on any atom is -0.508 e. The average Bonchev–Trinajstić information content (AvgIpc) is 2.77. The summed E-state index contributed by atoms with van der Waals surface area (Å²) in [4.78, 5) is 24.9. The van der Waals surface area contributed by atoms with Crippen molar-refractivity contribution in [2.45, 2.75) is 117 Å². The van der Waals surface area contributed by atoms with Gasteiger partial charge in [0.25, 0.3) is 0 Å². The van der Waals surface area contributed by atoms with Crippen LogP contribution < -0.4 is 4.74 Å². The van der Waals surface area contributed by atoms with Crippen LogP contribution in [-0.4, -0.2) is 37.4 Å². The fraction of sp³-hybridized carbons (Fsp3) is 0.724. The number of hydrogen-bond donors (Lipinski definition) is 1. The maximum atomic E-state index is 12.5. The fourth-order valence-electron chi connectivity index (χ4n) is 4.25. The lowest BCUT2D eigenvalue weighted by Crippen LogP contribution is -2.26. The Labute approximate surface area is 212 Å². The molecule has 35 heavy (non-hydrogen) atoms. The Balaban J connectivity index is 2.91. The lowest BCUT2D eigenvalue weighted by Gasteiger charge is -2.30. The molecule has 1 N–H and O–H groups in total. The van der Waals surface area contributed by atoms with Crippen molar-refractivity contribution in [1.29, 1.82) is 0 Å². The number of carbonyl (C=O) groups excluding carboxylic acids is 2. The van der Waals surface area contributed by atoms with E-state index >= 15 is 0 Å². The number of esters is 2. The minimum absolute atomic E-state index is 0.0718. The number of ether oxygens (including phenoxy) is 3. The molecule has 1 aromatic rings. The molecule has 6 heteroatoms. The molecule has 0 aliphatic rings. The number of carbonyl (C=O) groups is 2. The van der Waals surface area contributed by atoms with Gasteiger partial charge in [-0.25, -0.2) is 0 Å². The zero-order chi connectivity index (χ0) is 26.5.